The summed E-state index contributed by atoms with van der Waals surface area (Å²) in [7, 11) is 4.13. The van der Waals surface area contributed by atoms with Crippen molar-refractivity contribution < 1.29 is 9.69 Å². The number of benzene rings is 2. The van der Waals surface area contributed by atoms with Crippen LogP contribution in [-0.2, 0) is 4.79 Å². The molecule has 1 heterocycles. The maximum absolute atomic E-state index is 12.3. The van der Waals surface area contributed by atoms with Crippen LogP contribution in [0.5, 0.6) is 0 Å². The summed E-state index contributed by atoms with van der Waals surface area (Å²) in [6, 6.07) is 19.8. The molecule has 0 spiro atoms. The Hall–Kier alpha value is -2.53. The lowest BCUT2D eigenvalue weighted by Crippen LogP contribution is -3.15. The summed E-state index contributed by atoms with van der Waals surface area (Å²) in [6.07, 6.45) is 2.63. The number of anilines is 2. The number of nitrogens with one attached hydrogen (secondary N) is 2. The van der Waals surface area contributed by atoms with Gasteiger partial charge in [-0.25, -0.2) is 0 Å². The third kappa shape index (κ3) is 5.99. The highest BCUT2D eigenvalue weighted by molar-refractivity contribution is 5.75. The average Bonchev–Trinajstić information content (AvgIpc) is 2.79. The first-order valence-corrected chi connectivity index (χ1v) is 11.3. The molecular weight excluding hydrogens is 372 g/mol. The minimum absolute atomic E-state index is 0.175. The van der Waals surface area contributed by atoms with Crippen LogP contribution in [0.4, 0.5) is 11.4 Å². The molecular formula is C25H37N4O+. The van der Waals surface area contributed by atoms with Gasteiger partial charge in [0.25, 0.3) is 0 Å². The van der Waals surface area contributed by atoms with Gasteiger partial charge in [-0.05, 0) is 30.7 Å². The molecule has 2 aromatic carbocycles. The van der Waals surface area contributed by atoms with Gasteiger partial charge in [0, 0.05) is 37.5 Å². The zero-order valence-corrected chi connectivity index (χ0v) is 18.7. The van der Waals surface area contributed by atoms with E-state index in [0.29, 0.717) is 13.0 Å². The Morgan fingerprint density at radius 3 is 2.33 bits per heavy atom. The minimum atomic E-state index is 0.175. The lowest BCUT2D eigenvalue weighted by molar-refractivity contribution is -0.931. The zero-order valence-electron chi connectivity index (χ0n) is 18.7. The van der Waals surface area contributed by atoms with Gasteiger partial charge < -0.3 is 20.0 Å². The molecule has 1 atom stereocenters. The number of piperazine rings is 1. The summed E-state index contributed by atoms with van der Waals surface area (Å²) in [6.45, 7) is 7.04. The third-order valence-electron chi connectivity index (χ3n) is 6.09. The predicted octanol–water partition coefficient (Wildman–Crippen LogP) is 2.51. The standard InChI is InChI=1S/C25H36N4O/c1-4-5-11-25(30)26-20-24(21-12-14-22(15-13-21)27(2)3)29-18-16-28(17-19-29)23-9-7-6-8-10-23/h6-10,12-15,24H,4-5,11,16-20H2,1-3H3,(H,26,30)/p+1/t24-/m1/s1. The fraction of sp³-hybridized carbons (Fsp3) is 0.480. The van der Waals surface area contributed by atoms with E-state index in [1.54, 1.807) is 4.90 Å². The second-order valence-corrected chi connectivity index (χ2v) is 8.43. The van der Waals surface area contributed by atoms with Gasteiger partial charge in [0.2, 0.25) is 5.91 Å². The molecule has 1 aliphatic rings. The second-order valence-electron chi connectivity index (χ2n) is 8.43. The normalized spacial score (nSPS) is 15.6. The molecule has 0 aromatic heterocycles. The van der Waals surface area contributed by atoms with E-state index in [1.807, 2.05) is 0 Å². The highest BCUT2D eigenvalue weighted by Crippen LogP contribution is 2.18. The number of quaternary nitrogens is 1. The molecule has 1 amide bonds. The van der Waals surface area contributed by atoms with E-state index in [1.165, 1.54) is 16.9 Å². The van der Waals surface area contributed by atoms with Gasteiger partial charge in [-0.1, -0.05) is 43.7 Å². The molecule has 162 valence electrons. The van der Waals surface area contributed by atoms with Crippen molar-refractivity contribution in [3.05, 3.63) is 60.2 Å². The number of carbonyl (C=O) groups excluding carboxylic acids is 1. The predicted molar refractivity (Wildman–Crippen MR) is 125 cm³/mol. The largest absolute Gasteiger partial charge is 0.378 e. The van der Waals surface area contributed by atoms with Crippen LogP contribution in [0.1, 0.15) is 37.8 Å². The molecule has 0 bridgehead atoms. The summed E-state index contributed by atoms with van der Waals surface area (Å²) in [5.41, 5.74) is 3.81. The number of unbranched alkanes of at least 4 members (excludes halogenated alkanes) is 1. The van der Waals surface area contributed by atoms with Crippen molar-refractivity contribution in [3.8, 4) is 0 Å². The van der Waals surface area contributed by atoms with Gasteiger partial charge >= 0.3 is 0 Å². The third-order valence-corrected chi connectivity index (χ3v) is 6.09. The van der Waals surface area contributed by atoms with Crippen LogP contribution in [0.25, 0.3) is 0 Å². The zero-order chi connectivity index (χ0) is 21.3. The first kappa shape index (κ1) is 22.2. The Balaban J connectivity index is 1.68. The van der Waals surface area contributed by atoms with Crippen molar-refractivity contribution >= 4 is 17.3 Å². The van der Waals surface area contributed by atoms with Crippen molar-refractivity contribution in [3.63, 3.8) is 0 Å². The van der Waals surface area contributed by atoms with Crippen molar-refractivity contribution in [2.24, 2.45) is 0 Å². The highest BCUT2D eigenvalue weighted by Gasteiger charge is 2.29. The maximum atomic E-state index is 12.3. The number of carbonyl (C=O) groups is 1. The molecule has 2 N–H and O–H groups in total. The summed E-state index contributed by atoms with van der Waals surface area (Å²) in [5, 5.41) is 3.21. The van der Waals surface area contributed by atoms with Crippen molar-refractivity contribution in [2.45, 2.75) is 32.2 Å². The summed E-state index contributed by atoms with van der Waals surface area (Å²) >= 11 is 0. The molecule has 30 heavy (non-hydrogen) atoms. The second kappa shape index (κ2) is 11.0. The molecule has 2 aromatic rings. The van der Waals surface area contributed by atoms with E-state index in [9.17, 15) is 4.79 Å². The molecule has 5 heteroatoms. The molecule has 0 radical (unpaired) electrons. The molecule has 1 saturated heterocycles. The number of para-hydroxylation sites is 1. The maximum Gasteiger partial charge on any atom is 0.220 e. The SMILES string of the molecule is CCCCC(=O)NC[C@H](c1ccc(N(C)C)cc1)[NH+]1CCN(c2ccccc2)CC1. The van der Waals surface area contributed by atoms with Gasteiger partial charge in [0.05, 0.1) is 32.7 Å². The monoisotopic (exact) mass is 409 g/mol. The first-order chi connectivity index (χ1) is 14.6. The van der Waals surface area contributed by atoms with Crippen LogP contribution < -0.4 is 20.0 Å². The fourth-order valence-electron chi connectivity index (χ4n) is 4.18. The highest BCUT2D eigenvalue weighted by atomic mass is 16.1. The van der Waals surface area contributed by atoms with Gasteiger partial charge in [0.15, 0.2) is 0 Å². The van der Waals surface area contributed by atoms with Gasteiger partial charge in [-0.15, -0.1) is 0 Å². The van der Waals surface area contributed by atoms with E-state index in [2.05, 4.69) is 90.7 Å². The molecule has 1 fully saturated rings. The number of rotatable bonds is 9. The number of hydrogen-bond acceptors (Lipinski definition) is 3. The van der Waals surface area contributed by atoms with E-state index in [0.717, 1.165) is 39.0 Å². The Labute approximate surface area is 181 Å². The van der Waals surface area contributed by atoms with E-state index in [4.69, 9.17) is 0 Å². The Morgan fingerprint density at radius 2 is 1.73 bits per heavy atom. The quantitative estimate of drug-likeness (QED) is 0.669. The van der Waals surface area contributed by atoms with Gasteiger partial charge in [-0.3, -0.25) is 4.79 Å². The van der Waals surface area contributed by atoms with E-state index >= 15 is 0 Å². The number of amides is 1. The Kier molecular flexibility index (Phi) is 8.14. The molecule has 0 unspecified atom stereocenters. The van der Waals surface area contributed by atoms with Crippen molar-refractivity contribution in [1.29, 1.82) is 0 Å². The van der Waals surface area contributed by atoms with Crippen molar-refractivity contribution in [1.82, 2.24) is 5.32 Å². The topological polar surface area (TPSA) is 40.0 Å². The Bertz CT molecular complexity index is 767. The average molecular weight is 410 g/mol. The molecule has 0 aliphatic carbocycles. The fourth-order valence-corrected chi connectivity index (χ4v) is 4.18. The number of nitrogens with zero attached hydrogens (tertiary/aromatic N) is 2. The molecule has 0 saturated carbocycles. The summed E-state index contributed by atoms with van der Waals surface area (Å²) < 4.78 is 0. The van der Waals surface area contributed by atoms with Crippen LogP contribution in [0, 0.1) is 0 Å². The minimum Gasteiger partial charge on any atom is -0.378 e. The summed E-state index contributed by atoms with van der Waals surface area (Å²) in [4.78, 5) is 18.4. The van der Waals surface area contributed by atoms with Gasteiger partial charge in [-0.2, -0.15) is 0 Å². The van der Waals surface area contributed by atoms with Crippen LogP contribution in [0.2, 0.25) is 0 Å². The first-order valence-electron chi connectivity index (χ1n) is 11.3. The lowest BCUT2D eigenvalue weighted by Gasteiger charge is -2.38. The smallest absolute Gasteiger partial charge is 0.220 e. The summed E-state index contributed by atoms with van der Waals surface area (Å²) in [5.74, 6) is 0.175. The van der Waals surface area contributed by atoms with E-state index in [-0.39, 0.29) is 11.9 Å². The van der Waals surface area contributed by atoms with Crippen LogP contribution in [0.15, 0.2) is 54.6 Å². The molecule has 1 aliphatic heterocycles. The van der Waals surface area contributed by atoms with Crippen molar-refractivity contribution in [2.75, 3.05) is 56.6 Å². The molecule has 5 nitrogen and oxygen atoms in total. The Morgan fingerprint density at radius 1 is 1.07 bits per heavy atom. The van der Waals surface area contributed by atoms with Crippen LogP contribution in [-0.4, -0.2) is 52.7 Å². The molecule has 3 rings (SSSR count). The van der Waals surface area contributed by atoms with Gasteiger partial charge in [0.1, 0.15) is 6.04 Å². The number of hydrogen-bond donors (Lipinski definition) is 2. The van der Waals surface area contributed by atoms with Crippen LogP contribution in [0.3, 0.4) is 0 Å². The van der Waals surface area contributed by atoms with E-state index < -0.39 is 0 Å². The lowest BCUT2D eigenvalue weighted by atomic mass is 10.0. The van der Waals surface area contributed by atoms with Crippen LogP contribution >= 0.6 is 0 Å².